The van der Waals surface area contributed by atoms with E-state index in [0.29, 0.717) is 6.42 Å². The third-order valence-electron chi connectivity index (χ3n) is 5.46. The van der Waals surface area contributed by atoms with E-state index < -0.39 is 0 Å². The maximum atomic E-state index is 13.0. The molecular weight excluding hydrogens is 396 g/mol. The third kappa shape index (κ3) is 4.51. The Labute approximate surface area is 181 Å². The number of hydrogen-bond donors (Lipinski definition) is 0. The van der Waals surface area contributed by atoms with Gasteiger partial charge in [-0.25, -0.2) is 0 Å². The molecule has 1 aliphatic rings. The minimum absolute atomic E-state index is 0.0145. The summed E-state index contributed by atoms with van der Waals surface area (Å²) in [4.78, 5) is 15.0. The monoisotopic (exact) mass is 422 g/mol. The number of rotatable bonds is 7. The predicted molar refractivity (Wildman–Crippen MR) is 117 cm³/mol. The normalized spacial score (nSPS) is 16.1. The molecule has 4 rings (SSSR count). The van der Waals surface area contributed by atoms with Crippen LogP contribution in [-0.2, 0) is 24.0 Å². The summed E-state index contributed by atoms with van der Waals surface area (Å²) in [5, 5.41) is 9.73. The van der Waals surface area contributed by atoms with Crippen molar-refractivity contribution in [2.45, 2.75) is 36.2 Å². The van der Waals surface area contributed by atoms with Gasteiger partial charge >= 0.3 is 0 Å². The Morgan fingerprint density at radius 2 is 1.87 bits per heavy atom. The lowest BCUT2D eigenvalue weighted by molar-refractivity contribution is -0.131. The van der Waals surface area contributed by atoms with Crippen molar-refractivity contribution in [1.29, 1.82) is 0 Å². The van der Waals surface area contributed by atoms with Crippen LogP contribution in [0.15, 0.2) is 59.8 Å². The van der Waals surface area contributed by atoms with Crippen molar-refractivity contribution >= 4 is 17.7 Å². The van der Waals surface area contributed by atoms with Crippen LogP contribution in [0.1, 0.15) is 35.8 Å². The fourth-order valence-electron chi connectivity index (χ4n) is 3.82. The van der Waals surface area contributed by atoms with Crippen LogP contribution < -0.4 is 4.74 Å². The van der Waals surface area contributed by atoms with Crippen molar-refractivity contribution in [3.05, 3.63) is 71.5 Å². The van der Waals surface area contributed by atoms with Crippen molar-refractivity contribution in [3.8, 4) is 5.75 Å². The Morgan fingerprint density at radius 1 is 1.10 bits per heavy atom. The average Bonchev–Trinajstić information content (AvgIpc) is 3.40. The molecule has 30 heavy (non-hydrogen) atoms. The molecule has 0 saturated carbocycles. The Kier molecular flexibility index (Phi) is 6.38. The van der Waals surface area contributed by atoms with Crippen LogP contribution in [0.2, 0.25) is 0 Å². The van der Waals surface area contributed by atoms with Gasteiger partial charge < -0.3 is 14.2 Å². The zero-order valence-corrected chi connectivity index (χ0v) is 18.1. The van der Waals surface area contributed by atoms with Gasteiger partial charge in [-0.3, -0.25) is 4.79 Å². The van der Waals surface area contributed by atoms with Gasteiger partial charge in [-0.2, -0.15) is 0 Å². The molecule has 1 unspecified atom stereocenters. The number of likely N-dealkylation sites (tertiary alicyclic amines) is 1. The van der Waals surface area contributed by atoms with Crippen molar-refractivity contribution in [2.24, 2.45) is 7.05 Å². The van der Waals surface area contributed by atoms with E-state index in [2.05, 4.69) is 22.3 Å². The quantitative estimate of drug-likeness (QED) is 0.538. The van der Waals surface area contributed by atoms with Gasteiger partial charge in [0.2, 0.25) is 5.91 Å². The van der Waals surface area contributed by atoms with Gasteiger partial charge in [0.15, 0.2) is 11.0 Å². The zero-order valence-electron chi connectivity index (χ0n) is 17.3. The van der Waals surface area contributed by atoms with Crippen LogP contribution in [0, 0.1) is 0 Å². The van der Waals surface area contributed by atoms with Gasteiger partial charge in [-0.05, 0) is 36.1 Å². The van der Waals surface area contributed by atoms with Crippen molar-refractivity contribution in [1.82, 2.24) is 19.7 Å². The number of methoxy groups -OCH3 is 1. The SMILES string of the molecule is COc1ccc(CC(=O)N2CCCC2c2nnc(SCc3ccccc3)n2C)cc1. The number of nitrogens with zero attached hydrogens (tertiary/aromatic N) is 4. The molecule has 7 heteroatoms. The number of benzene rings is 2. The highest BCUT2D eigenvalue weighted by Gasteiger charge is 2.33. The van der Waals surface area contributed by atoms with Crippen LogP contribution in [0.25, 0.3) is 0 Å². The summed E-state index contributed by atoms with van der Waals surface area (Å²) in [7, 11) is 3.63. The minimum atomic E-state index is -0.0145. The summed E-state index contributed by atoms with van der Waals surface area (Å²) < 4.78 is 7.24. The number of hydrogen-bond acceptors (Lipinski definition) is 5. The highest BCUT2D eigenvalue weighted by molar-refractivity contribution is 7.98. The van der Waals surface area contributed by atoms with E-state index >= 15 is 0 Å². The second kappa shape index (κ2) is 9.34. The van der Waals surface area contributed by atoms with E-state index in [1.165, 1.54) is 5.56 Å². The topological polar surface area (TPSA) is 60.2 Å². The first kappa shape index (κ1) is 20.5. The molecule has 6 nitrogen and oxygen atoms in total. The first-order valence-electron chi connectivity index (χ1n) is 10.1. The Balaban J connectivity index is 1.43. The molecule has 1 atom stereocenters. The fraction of sp³-hybridized carbons (Fsp3) is 0.348. The molecule has 0 radical (unpaired) electrons. The van der Waals surface area contributed by atoms with Gasteiger partial charge in [-0.15, -0.1) is 10.2 Å². The first-order chi connectivity index (χ1) is 14.7. The lowest BCUT2D eigenvalue weighted by atomic mass is 10.1. The first-order valence-corrected chi connectivity index (χ1v) is 11.1. The smallest absolute Gasteiger partial charge is 0.227 e. The second-order valence-corrected chi connectivity index (χ2v) is 8.39. The Hall–Kier alpha value is -2.80. The third-order valence-corrected chi connectivity index (χ3v) is 6.56. The van der Waals surface area contributed by atoms with Gasteiger partial charge in [0, 0.05) is 19.3 Å². The molecule has 0 N–H and O–H groups in total. The van der Waals surface area contributed by atoms with Crippen LogP contribution >= 0.6 is 11.8 Å². The van der Waals surface area contributed by atoms with Crippen molar-refractivity contribution in [2.75, 3.05) is 13.7 Å². The number of amides is 1. The molecule has 156 valence electrons. The summed E-state index contributed by atoms with van der Waals surface area (Å²) in [6, 6.07) is 18.0. The van der Waals surface area contributed by atoms with Gasteiger partial charge in [0.25, 0.3) is 0 Å². The Morgan fingerprint density at radius 3 is 2.60 bits per heavy atom. The number of carbonyl (C=O) groups is 1. The van der Waals surface area contributed by atoms with Crippen LogP contribution in [0.3, 0.4) is 0 Å². The number of thioether (sulfide) groups is 1. The molecule has 1 amide bonds. The minimum Gasteiger partial charge on any atom is -0.497 e. The summed E-state index contributed by atoms with van der Waals surface area (Å²) in [5.41, 5.74) is 2.24. The highest BCUT2D eigenvalue weighted by Crippen LogP contribution is 2.33. The summed E-state index contributed by atoms with van der Waals surface area (Å²) >= 11 is 1.67. The van der Waals surface area contributed by atoms with E-state index in [1.54, 1.807) is 18.9 Å². The Bertz CT molecular complexity index is 988. The van der Waals surface area contributed by atoms with Crippen LogP contribution in [0.4, 0.5) is 0 Å². The standard InChI is InChI=1S/C23H26N4O2S/c1-26-22(24-25-23(26)30-16-18-7-4-3-5-8-18)20-9-6-14-27(20)21(28)15-17-10-12-19(29-2)13-11-17/h3-5,7-8,10-13,20H,6,9,14-16H2,1-2H3. The average molecular weight is 423 g/mol. The van der Waals surface area contributed by atoms with Crippen molar-refractivity contribution in [3.63, 3.8) is 0 Å². The van der Waals surface area contributed by atoms with E-state index in [9.17, 15) is 4.79 Å². The van der Waals surface area contributed by atoms with E-state index in [0.717, 1.165) is 47.4 Å². The molecule has 1 fully saturated rings. The largest absolute Gasteiger partial charge is 0.497 e. The molecule has 0 spiro atoms. The lowest BCUT2D eigenvalue weighted by Crippen LogP contribution is -2.33. The predicted octanol–water partition coefficient (Wildman–Crippen LogP) is 4.02. The molecule has 0 bridgehead atoms. The highest BCUT2D eigenvalue weighted by atomic mass is 32.2. The van der Waals surface area contributed by atoms with Crippen LogP contribution in [0.5, 0.6) is 5.75 Å². The van der Waals surface area contributed by atoms with Crippen LogP contribution in [-0.4, -0.2) is 39.2 Å². The molecule has 0 aliphatic carbocycles. The molecule has 1 saturated heterocycles. The molecule has 1 aromatic heterocycles. The lowest BCUT2D eigenvalue weighted by Gasteiger charge is -2.24. The molecular formula is C23H26N4O2S. The van der Waals surface area contributed by atoms with E-state index in [4.69, 9.17) is 4.74 Å². The number of carbonyl (C=O) groups excluding carboxylic acids is 1. The maximum absolute atomic E-state index is 13.0. The van der Waals surface area contributed by atoms with Crippen molar-refractivity contribution < 1.29 is 9.53 Å². The fourth-order valence-corrected chi connectivity index (χ4v) is 4.69. The van der Waals surface area contributed by atoms with Gasteiger partial charge in [-0.1, -0.05) is 54.2 Å². The molecule has 1 aliphatic heterocycles. The zero-order chi connectivity index (χ0) is 20.9. The summed E-state index contributed by atoms with van der Waals surface area (Å²) in [5.74, 6) is 2.64. The summed E-state index contributed by atoms with van der Waals surface area (Å²) in [6.45, 7) is 0.763. The second-order valence-electron chi connectivity index (χ2n) is 7.44. The van der Waals surface area contributed by atoms with Gasteiger partial charge in [0.05, 0.1) is 19.6 Å². The van der Waals surface area contributed by atoms with Gasteiger partial charge in [0.1, 0.15) is 5.75 Å². The molecule has 3 aromatic rings. The van der Waals surface area contributed by atoms with E-state index in [1.807, 2.05) is 59.0 Å². The molecule has 2 aromatic carbocycles. The summed E-state index contributed by atoms with van der Waals surface area (Å²) in [6.07, 6.45) is 2.29. The number of aromatic nitrogens is 3. The number of ether oxygens (including phenoxy) is 1. The van der Waals surface area contributed by atoms with E-state index in [-0.39, 0.29) is 11.9 Å². The molecule has 2 heterocycles. The maximum Gasteiger partial charge on any atom is 0.227 e.